The molecule has 0 aromatic carbocycles. The molecule has 0 atom stereocenters. The van der Waals surface area contributed by atoms with Crippen molar-refractivity contribution in [2.75, 3.05) is 19.7 Å². The number of hydrogen-bond donors (Lipinski definition) is 2. The van der Waals surface area contributed by atoms with Gasteiger partial charge in [-0.25, -0.2) is 0 Å². The maximum absolute atomic E-state index is 10.3. The van der Waals surface area contributed by atoms with Crippen LogP contribution in [0.2, 0.25) is 0 Å². The van der Waals surface area contributed by atoms with Gasteiger partial charge in [-0.3, -0.25) is 9.69 Å². The van der Waals surface area contributed by atoms with Gasteiger partial charge in [-0.2, -0.15) is 0 Å². The summed E-state index contributed by atoms with van der Waals surface area (Å²) in [4.78, 5) is 12.7. The molecular formula is C12H23NO3. The fourth-order valence-corrected chi connectivity index (χ4v) is 2.13. The van der Waals surface area contributed by atoms with Crippen LogP contribution >= 0.6 is 0 Å². The van der Waals surface area contributed by atoms with Crippen LogP contribution in [-0.4, -0.2) is 46.8 Å². The Balaban J connectivity index is 2.05. The lowest BCUT2D eigenvalue weighted by Crippen LogP contribution is -2.42. The van der Waals surface area contributed by atoms with Crippen molar-refractivity contribution in [3.8, 4) is 0 Å². The number of carboxylic acids is 1. The van der Waals surface area contributed by atoms with Crippen LogP contribution in [0, 0.1) is 0 Å². The molecule has 0 bridgehead atoms. The van der Waals surface area contributed by atoms with Gasteiger partial charge in [0.05, 0.1) is 6.61 Å². The first kappa shape index (κ1) is 13.5. The second kappa shape index (κ2) is 7.63. The standard InChI is InChI=1S/C12H23NO3/c14-10-9-13(11-5-4-6-11)8-3-1-2-7-12(15)16/h11,14H,1-10H2,(H,15,16). The molecule has 2 N–H and O–H groups in total. The highest BCUT2D eigenvalue weighted by Crippen LogP contribution is 2.24. The molecule has 1 fully saturated rings. The smallest absolute Gasteiger partial charge is 0.303 e. The minimum absolute atomic E-state index is 0.228. The number of nitrogens with zero attached hydrogens (tertiary/aromatic N) is 1. The van der Waals surface area contributed by atoms with Crippen molar-refractivity contribution in [3.63, 3.8) is 0 Å². The fourth-order valence-electron chi connectivity index (χ4n) is 2.13. The highest BCUT2D eigenvalue weighted by molar-refractivity contribution is 5.66. The zero-order valence-corrected chi connectivity index (χ0v) is 9.90. The Bertz CT molecular complexity index is 204. The zero-order valence-electron chi connectivity index (χ0n) is 9.90. The predicted molar refractivity (Wildman–Crippen MR) is 62.4 cm³/mol. The highest BCUT2D eigenvalue weighted by atomic mass is 16.4. The Labute approximate surface area is 97.3 Å². The first-order valence-corrected chi connectivity index (χ1v) is 6.30. The maximum Gasteiger partial charge on any atom is 0.303 e. The van der Waals surface area contributed by atoms with Crippen LogP contribution in [0.1, 0.15) is 44.9 Å². The van der Waals surface area contributed by atoms with Gasteiger partial charge in [-0.05, 0) is 32.2 Å². The molecule has 16 heavy (non-hydrogen) atoms. The van der Waals surface area contributed by atoms with Crippen LogP contribution < -0.4 is 0 Å². The van der Waals surface area contributed by atoms with Gasteiger partial charge in [-0.15, -0.1) is 0 Å². The predicted octanol–water partition coefficient (Wildman–Crippen LogP) is 1.48. The van der Waals surface area contributed by atoms with Crippen molar-refractivity contribution in [3.05, 3.63) is 0 Å². The van der Waals surface area contributed by atoms with Gasteiger partial charge in [0.15, 0.2) is 0 Å². The first-order valence-electron chi connectivity index (χ1n) is 6.30. The van der Waals surface area contributed by atoms with Crippen molar-refractivity contribution in [2.24, 2.45) is 0 Å². The van der Waals surface area contributed by atoms with Gasteiger partial charge in [0.2, 0.25) is 0 Å². The Kier molecular flexibility index (Phi) is 6.42. The van der Waals surface area contributed by atoms with Gasteiger partial charge >= 0.3 is 5.97 Å². The van der Waals surface area contributed by atoms with E-state index in [9.17, 15) is 4.79 Å². The molecule has 0 amide bonds. The van der Waals surface area contributed by atoms with Gasteiger partial charge in [0.1, 0.15) is 0 Å². The van der Waals surface area contributed by atoms with E-state index in [1.807, 2.05) is 0 Å². The van der Waals surface area contributed by atoms with Gasteiger partial charge in [-0.1, -0.05) is 12.8 Å². The average molecular weight is 229 g/mol. The third-order valence-electron chi connectivity index (χ3n) is 3.31. The van der Waals surface area contributed by atoms with Crippen molar-refractivity contribution in [1.29, 1.82) is 0 Å². The molecule has 0 heterocycles. The number of aliphatic hydroxyl groups excluding tert-OH is 1. The molecule has 1 rings (SSSR count). The summed E-state index contributed by atoms with van der Waals surface area (Å²) >= 11 is 0. The molecule has 0 aromatic heterocycles. The third-order valence-corrected chi connectivity index (χ3v) is 3.31. The molecule has 0 saturated heterocycles. The molecular weight excluding hydrogens is 206 g/mol. The number of aliphatic carboxylic acids is 1. The second-order valence-corrected chi connectivity index (χ2v) is 4.55. The lowest BCUT2D eigenvalue weighted by molar-refractivity contribution is -0.137. The van der Waals surface area contributed by atoms with E-state index >= 15 is 0 Å². The topological polar surface area (TPSA) is 60.8 Å². The number of hydrogen-bond acceptors (Lipinski definition) is 3. The Morgan fingerprint density at radius 1 is 1.19 bits per heavy atom. The van der Waals surface area contributed by atoms with E-state index in [1.165, 1.54) is 19.3 Å². The average Bonchev–Trinajstić information content (AvgIpc) is 2.14. The Morgan fingerprint density at radius 3 is 2.44 bits per heavy atom. The van der Waals surface area contributed by atoms with E-state index in [-0.39, 0.29) is 13.0 Å². The number of aliphatic hydroxyl groups is 1. The zero-order chi connectivity index (χ0) is 11.8. The quantitative estimate of drug-likeness (QED) is 0.588. The molecule has 1 saturated carbocycles. The minimum Gasteiger partial charge on any atom is -0.481 e. The van der Waals surface area contributed by atoms with Crippen LogP contribution in [0.25, 0.3) is 0 Å². The van der Waals surface area contributed by atoms with E-state index in [0.717, 1.165) is 32.4 Å². The maximum atomic E-state index is 10.3. The van der Waals surface area contributed by atoms with E-state index < -0.39 is 5.97 Å². The summed E-state index contributed by atoms with van der Waals surface area (Å²) < 4.78 is 0. The SMILES string of the molecule is O=C(O)CCCCCN(CCO)C1CCC1. The molecule has 4 nitrogen and oxygen atoms in total. The molecule has 94 valence electrons. The van der Waals surface area contributed by atoms with Crippen molar-refractivity contribution >= 4 is 5.97 Å². The van der Waals surface area contributed by atoms with Crippen molar-refractivity contribution in [2.45, 2.75) is 51.0 Å². The molecule has 0 unspecified atom stereocenters. The number of rotatable bonds is 9. The Hall–Kier alpha value is -0.610. The Morgan fingerprint density at radius 2 is 1.94 bits per heavy atom. The van der Waals surface area contributed by atoms with Crippen LogP contribution in [0.3, 0.4) is 0 Å². The molecule has 4 heteroatoms. The lowest BCUT2D eigenvalue weighted by atomic mass is 9.91. The van der Waals surface area contributed by atoms with Crippen molar-refractivity contribution in [1.82, 2.24) is 4.90 Å². The van der Waals surface area contributed by atoms with E-state index in [2.05, 4.69) is 4.90 Å². The van der Waals surface area contributed by atoms with E-state index in [1.54, 1.807) is 0 Å². The van der Waals surface area contributed by atoms with Crippen LogP contribution in [0.4, 0.5) is 0 Å². The second-order valence-electron chi connectivity index (χ2n) is 4.55. The summed E-state index contributed by atoms with van der Waals surface area (Å²) in [5, 5.41) is 17.5. The van der Waals surface area contributed by atoms with Crippen LogP contribution in [-0.2, 0) is 4.79 Å². The molecule has 0 aliphatic heterocycles. The number of carbonyl (C=O) groups is 1. The van der Waals surface area contributed by atoms with Crippen molar-refractivity contribution < 1.29 is 15.0 Å². The molecule has 1 aliphatic carbocycles. The fraction of sp³-hybridized carbons (Fsp3) is 0.917. The van der Waals surface area contributed by atoms with Crippen LogP contribution in [0.5, 0.6) is 0 Å². The minimum atomic E-state index is -0.703. The first-order chi connectivity index (χ1) is 7.74. The van der Waals surface area contributed by atoms with E-state index in [0.29, 0.717) is 6.04 Å². The summed E-state index contributed by atoms with van der Waals surface area (Å²) in [5.74, 6) is -0.703. The van der Waals surface area contributed by atoms with Crippen LogP contribution in [0.15, 0.2) is 0 Å². The van der Waals surface area contributed by atoms with E-state index in [4.69, 9.17) is 10.2 Å². The highest BCUT2D eigenvalue weighted by Gasteiger charge is 2.23. The summed E-state index contributed by atoms with van der Waals surface area (Å²) in [6.45, 7) is 2.00. The van der Waals surface area contributed by atoms with Gasteiger partial charge in [0.25, 0.3) is 0 Å². The summed E-state index contributed by atoms with van der Waals surface area (Å²) in [5.41, 5.74) is 0. The molecule has 0 aromatic rings. The molecule has 0 spiro atoms. The van der Waals surface area contributed by atoms with Gasteiger partial charge in [0, 0.05) is 19.0 Å². The normalized spacial score (nSPS) is 16.4. The number of carboxylic acid groups (broad SMARTS) is 1. The summed E-state index contributed by atoms with van der Waals surface area (Å²) in [7, 11) is 0. The monoisotopic (exact) mass is 229 g/mol. The largest absolute Gasteiger partial charge is 0.481 e. The lowest BCUT2D eigenvalue weighted by Gasteiger charge is -2.37. The van der Waals surface area contributed by atoms with Gasteiger partial charge < -0.3 is 10.2 Å². The molecule has 0 radical (unpaired) electrons. The summed E-state index contributed by atoms with van der Waals surface area (Å²) in [6, 6.07) is 0.673. The number of unbranched alkanes of at least 4 members (excludes halogenated alkanes) is 2. The summed E-state index contributed by atoms with van der Waals surface area (Å²) in [6.07, 6.45) is 6.90. The molecule has 1 aliphatic rings. The third kappa shape index (κ3) is 4.94.